The quantitative estimate of drug-likeness (QED) is 0.0183. The second-order valence-corrected chi connectivity index (χ2v) is 59.0. The predicted molar refractivity (Wildman–Crippen MR) is 421 cm³/mol. The second-order valence-electron chi connectivity index (χ2n) is 32.5. The van der Waals surface area contributed by atoms with Crippen molar-refractivity contribution in [1.82, 2.24) is 0 Å². The van der Waals surface area contributed by atoms with Crippen LogP contribution in [-0.4, -0.2) is 163 Å². The van der Waals surface area contributed by atoms with Gasteiger partial charge in [0.2, 0.25) is 0 Å². The number of carbonyl (C=O) groups excluding carboxylic acids is 5. The Balaban J connectivity index is 0.000000664. The fourth-order valence-corrected chi connectivity index (χ4v) is 15.6. The van der Waals surface area contributed by atoms with E-state index >= 15 is 0 Å². The number of hydrogen-bond acceptors (Lipinski definition) is 21. The maximum Gasteiger partial charge on any atom is 0.342 e. The maximum absolute atomic E-state index is 13.4. The van der Waals surface area contributed by atoms with E-state index in [4.69, 9.17) is 67.0 Å². The minimum absolute atomic E-state index is 0. The number of esters is 5. The smallest absolute Gasteiger partial charge is 0.342 e. The molecule has 6 atom stereocenters. The molecule has 0 bridgehead atoms. The first-order valence-electron chi connectivity index (χ1n) is 35.9. The Kier molecular flexibility index (Phi) is 39.1. The van der Waals surface area contributed by atoms with Crippen LogP contribution in [0.5, 0.6) is 23.0 Å². The van der Waals surface area contributed by atoms with E-state index in [0.29, 0.717) is 92.7 Å². The summed E-state index contributed by atoms with van der Waals surface area (Å²) in [5, 5.41) is 8.99. The van der Waals surface area contributed by atoms with Crippen LogP contribution in [0.4, 0.5) is 0 Å². The second kappa shape index (κ2) is 42.9. The predicted octanol–water partition coefficient (Wildman–Crippen LogP) is 16.7. The number of benzene rings is 2. The molecule has 23 nitrogen and oxygen atoms in total. The average Bonchev–Trinajstić information content (AvgIpc) is 1.54. The van der Waals surface area contributed by atoms with Crippen molar-refractivity contribution in [3.05, 3.63) is 92.1 Å². The number of allylic oxidation sites excluding steroid dienone is 8. The molecule has 0 aromatic heterocycles. The van der Waals surface area contributed by atoms with Crippen LogP contribution in [0, 0.1) is 25.7 Å². The van der Waals surface area contributed by atoms with Crippen molar-refractivity contribution in [2.75, 3.05) is 66.7 Å². The molecular formula is C75H127NO22P2Si4. The number of nitrogens with two attached hydrogens (primary N) is 1. The van der Waals surface area contributed by atoms with Gasteiger partial charge in [0.1, 0.15) is 47.3 Å². The Morgan fingerprint density at radius 2 is 0.933 bits per heavy atom. The van der Waals surface area contributed by atoms with E-state index in [2.05, 4.69) is 78.6 Å². The van der Waals surface area contributed by atoms with Gasteiger partial charge >= 0.3 is 51.0 Å². The molecule has 2 aliphatic heterocycles. The number of carboxylic acid groups (broad SMARTS) is 1. The van der Waals surface area contributed by atoms with Crippen molar-refractivity contribution < 1.29 is 104 Å². The summed E-state index contributed by atoms with van der Waals surface area (Å²) in [6.07, 6.45) is 9.66. The molecule has 4 unspecified atom stereocenters. The minimum Gasteiger partial charge on any atom is -0.496 e. The Bertz CT molecular complexity index is 3440. The standard InChI is InChI=1S/C37H61O11PSi2.C34H55O11PSi2.C4H11N/c1-13-44-35(38)28(4)48-49(41,43-6)21-15-14-16-29(36(39)46-20-23-51(10,11)12)24-26(2)17-18-30-33(42-5)27(3)31-25-47-37(40)32(31)34(30)45-19-22-50(7,8)9;1-23(14-15-27-30(41-4)24(2)28-22-44-34(38)29(28)31(27)42-16-19-47(5,6)7)21-26(33(37)43-17-20-48(8,9)10)13-11-12-18-46(39,40)45-25(3)32(35)36;1-4(2,3)5/h14-15,17,28-29H,13,16,18-25H2,1-12H3;11-12,14,25-26H,13,15-22H2,1-10H3,(H,35,36)(H,39,40);5H2,1-3H3/b15-14+,26-17+;12-11+,23-14+;/t28-,29?,49?;25-,26?;/m00./s1. The third-order valence-corrected chi connectivity index (χ3v) is 26.5. The van der Waals surface area contributed by atoms with Gasteiger partial charge in [-0.25, -0.2) is 19.2 Å². The van der Waals surface area contributed by atoms with E-state index in [0.717, 1.165) is 68.7 Å². The van der Waals surface area contributed by atoms with Crippen molar-refractivity contribution in [3.63, 3.8) is 0 Å². The molecular weight excluding hydrogens is 1440 g/mol. The zero-order valence-corrected chi connectivity index (χ0v) is 73.0. The number of aliphatic carboxylic acids is 1. The van der Waals surface area contributed by atoms with Crippen LogP contribution in [0.1, 0.15) is 135 Å². The number of cyclic esters (lactones) is 2. The number of fused-ring (bicyclic) bond motifs is 2. The number of carbonyl (C=O) groups is 6. The Morgan fingerprint density at radius 1 is 0.567 bits per heavy atom. The average molecular weight is 1570 g/mol. The molecule has 0 saturated heterocycles. The lowest BCUT2D eigenvalue weighted by molar-refractivity contribution is -0.151. The summed E-state index contributed by atoms with van der Waals surface area (Å²) in [7, 11) is -9.04. The Hall–Kier alpha value is -5.45. The van der Waals surface area contributed by atoms with Gasteiger partial charge in [0.25, 0.3) is 0 Å². The van der Waals surface area contributed by atoms with Crippen LogP contribution in [0.15, 0.2) is 47.6 Å². The normalized spacial score (nSPS) is 15.9. The first-order valence-corrected chi connectivity index (χ1v) is 54.2. The monoisotopic (exact) mass is 1570 g/mol. The summed E-state index contributed by atoms with van der Waals surface area (Å²) in [6, 6.07) is 3.51. The zero-order chi connectivity index (χ0) is 79.5. The lowest BCUT2D eigenvalue weighted by atomic mass is 9.93. The van der Waals surface area contributed by atoms with Crippen LogP contribution >= 0.6 is 15.2 Å². The fourth-order valence-electron chi connectivity index (χ4n) is 10.4. The molecule has 0 amide bonds. The van der Waals surface area contributed by atoms with Crippen LogP contribution in [0.2, 0.25) is 103 Å². The largest absolute Gasteiger partial charge is 0.496 e. The zero-order valence-electron chi connectivity index (χ0n) is 67.2. The number of carboxylic acids is 1. The highest BCUT2D eigenvalue weighted by Crippen LogP contribution is 2.49. The summed E-state index contributed by atoms with van der Waals surface area (Å²) >= 11 is 0. The van der Waals surface area contributed by atoms with Gasteiger partial charge in [-0.2, -0.15) is 0 Å². The molecule has 0 fully saturated rings. The third kappa shape index (κ3) is 35.1. The molecule has 2 heterocycles. The summed E-state index contributed by atoms with van der Waals surface area (Å²) in [4.78, 5) is 85.5. The van der Waals surface area contributed by atoms with Crippen LogP contribution in [0.25, 0.3) is 0 Å². The molecule has 104 heavy (non-hydrogen) atoms. The Labute approximate surface area is 624 Å². The van der Waals surface area contributed by atoms with Crippen molar-refractivity contribution in [2.24, 2.45) is 17.6 Å². The van der Waals surface area contributed by atoms with Crippen molar-refractivity contribution >= 4 is 83.3 Å². The first-order chi connectivity index (χ1) is 47.9. The maximum atomic E-state index is 13.4. The summed E-state index contributed by atoms with van der Waals surface area (Å²) in [5.41, 5.74) is 12.9. The lowest BCUT2D eigenvalue weighted by Crippen LogP contribution is -2.26. The van der Waals surface area contributed by atoms with Gasteiger partial charge in [0, 0.05) is 67.2 Å². The van der Waals surface area contributed by atoms with Gasteiger partial charge < -0.3 is 62.9 Å². The summed E-state index contributed by atoms with van der Waals surface area (Å²) in [6.45, 7) is 47.0. The molecule has 590 valence electrons. The molecule has 2 aliphatic rings. The third-order valence-electron chi connectivity index (χ3n) is 16.5. The van der Waals surface area contributed by atoms with Crippen LogP contribution in [0.3, 0.4) is 0 Å². The summed E-state index contributed by atoms with van der Waals surface area (Å²) < 4.78 is 92.6. The van der Waals surface area contributed by atoms with E-state index in [1.165, 1.54) is 27.0 Å². The minimum atomic E-state index is -4.18. The van der Waals surface area contributed by atoms with E-state index < -0.39 is 102 Å². The van der Waals surface area contributed by atoms with Crippen molar-refractivity contribution in [2.45, 2.75) is 241 Å². The van der Waals surface area contributed by atoms with Crippen LogP contribution in [-0.2, 0) is 91.6 Å². The van der Waals surface area contributed by atoms with Gasteiger partial charge in [-0.3, -0.25) is 27.8 Å². The molecule has 2 aromatic carbocycles. The van der Waals surface area contributed by atoms with E-state index in [1.54, 1.807) is 39.4 Å². The van der Waals surface area contributed by atoms with Gasteiger partial charge in [-0.1, -0.05) is 126 Å². The molecule has 29 heteroatoms. The first kappa shape index (κ1) is 94.6. The topological polar surface area (TPSA) is 314 Å². The van der Waals surface area contributed by atoms with Crippen molar-refractivity contribution in [3.8, 4) is 23.0 Å². The molecule has 2 aromatic rings. The molecule has 0 aliphatic carbocycles. The SMILES string of the molecule is CC(C)(C)N.CCOC(=O)[C@H](C)OP(=O)(C/C=C/CC(C/C(C)=C/Cc1c(OC)c(C)c2c(c1OCC[Si](C)(C)C)C(=O)OC2)C(=O)OCC[Si](C)(C)C)OC.COc1c(C)c2c(c(OCC[Si](C)(C)C)c1C/C=C(\C)CC(C/C=C/CP(=O)(O)O[C@@H](C)C(=O)O)C(=O)OCC[Si](C)(C)C)C(=O)OC2. The highest BCUT2D eigenvalue weighted by Gasteiger charge is 2.37. The van der Waals surface area contributed by atoms with Crippen molar-refractivity contribution in [1.29, 1.82) is 0 Å². The molecule has 0 radical (unpaired) electrons. The fraction of sp³-hybridized carbons (Fsp3) is 0.653. The van der Waals surface area contributed by atoms with Gasteiger partial charge in [-0.05, 0) is 143 Å². The number of rotatable bonds is 42. The number of ether oxygens (including phenoxy) is 9. The number of methoxy groups -OCH3 is 2. The highest BCUT2D eigenvalue weighted by molar-refractivity contribution is 7.54. The number of hydrogen-bond donors (Lipinski definition) is 3. The summed E-state index contributed by atoms with van der Waals surface area (Å²) in [5.74, 6) is -2.24. The van der Waals surface area contributed by atoms with E-state index in [9.17, 15) is 42.8 Å². The van der Waals surface area contributed by atoms with Gasteiger partial charge in [0.15, 0.2) is 12.2 Å². The van der Waals surface area contributed by atoms with E-state index in [-0.39, 0.29) is 49.9 Å². The molecule has 0 saturated carbocycles. The van der Waals surface area contributed by atoms with Crippen LogP contribution < -0.4 is 24.7 Å². The molecule has 0 spiro atoms. The van der Waals surface area contributed by atoms with Gasteiger partial charge in [0.05, 0.1) is 71.4 Å². The highest BCUT2D eigenvalue weighted by atomic mass is 31.2. The van der Waals surface area contributed by atoms with Gasteiger partial charge in [-0.15, -0.1) is 0 Å². The molecule has 4 N–H and O–H groups in total. The Morgan fingerprint density at radius 3 is 1.27 bits per heavy atom. The van der Waals surface area contributed by atoms with E-state index in [1.807, 2.05) is 60.6 Å². The molecule has 4 rings (SSSR count). The lowest BCUT2D eigenvalue weighted by Gasteiger charge is -2.22.